The molecule has 12 heteroatoms. The van der Waals surface area contributed by atoms with Crippen LogP contribution in [0.3, 0.4) is 0 Å². The molecule has 0 N–H and O–H groups in total. The lowest BCUT2D eigenvalue weighted by molar-refractivity contribution is -0.151. The molecule has 12 nitrogen and oxygen atoms in total. The summed E-state index contributed by atoms with van der Waals surface area (Å²) in [6.07, 6.45) is 0.629. The molecule has 4 saturated heterocycles. The average molecular weight is 795 g/mol. The van der Waals surface area contributed by atoms with Gasteiger partial charge in [0.2, 0.25) is 47.3 Å². The maximum Gasteiger partial charge on any atom is 0.234 e. The first-order chi connectivity index (χ1) is 27.2. The Balaban J connectivity index is 0.000000204. The van der Waals surface area contributed by atoms with Crippen molar-refractivity contribution in [3.8, 4) is 0 Å². The second-order valence-corrected chi connectivity index (χ2v) is 15.7. The highest BCUT2D eigenvalue weighted by molar-refractivity contribution is 6.07. The number of carbonyl (C=O) groups excluding carboxylic acids is 8. The summed E-state index contributed by atoms with van der Waals surface area (Å²) in [6, 6.07) is 25.3. The SMILES string of the molecule is CC1CC(=O)N(CN2C(=O)CC(C)C2=O)C1=O.CC1CC(=O)N(CN2C(=O)CC(C)C2=O)C1=O.Cc1ccc(C)cc1.Cc1cccc(C)c1.Cc1ccccc1C. The van der Waals surface area contributed by atoms with E-state index in [-0.39, 0.29) is 110 Å². The minimum atomic E-state index is -0.354. The van der Waals surface area contributed by atoms with Gasteiger partial charge in [-0.15, -0.1) is 0 Å². The van der Waals surface area contributed by atoms with Gasteiger partial charge in [0.05, 0.1) is 0 Å². The predicted molar refractivity (Wildman–Crippen MR) is 220 cm³/mol. The summed E-state index contributed by atoms with van der Waals surface area (Å²) in [5.74, 6) is -3.92. The van der Waals surface area contributed by atoms with E-state index in [4.69, 9.17) is 0 Å². The van der Waals surface area contributed by atoms with Gasteiger partial charge in [-0.3, -0.25) is 58.0 Å². The molecule has 4 heterocycles. The largest absolute Gasteiger partial charge is 0.274 e. The Kier molecular flexibility index (Phi) is 17.0. The van der Waals surface area contributed by atoms with Crippen molar-refractivity contribution in [3.63, 3.8) is 0 Å². The van der Waals surface area contributed by atoms with E-state index in [1.54, 1.807) is 27.7 Å². The fraction of sp³-hybridized carbons (Fsp3) is 0.435. The fourth-order valence-electron chi connectivity index (χ4n) is 6.38. The van der Waals surface area contributed by atoms with Crippen LogP contribution in [0, 0.1) is 65.2 Å². The summed E-state index contributed by atoms with van der Waals surface area (Å²) >= 11 is 0. The van der Waals surface area contributed by atoms with Gasteiger partial charge < -0.3 is 0 Å². The zero-order valence-corrected chi connectivity index (χ0v) is 35.5. The average Bonchev–Trinajstić information content (AvgIpc) is 3.75. The van der Waals surface area contributed by atoms with Gasteiger partial charge in [-0.05, 0) is 52.7 Å². The molecule has 4 aliphatic rings. The topological polar surface area (TPSA) is 150 Å². The molecule has 0 saturated carbocycles. The molecular formula is C46H58N4O8. The summed E-state index contributed by atoms with van der Waals surface area (Å²) in [7, 11) is 0. The number of likely N-dealkylation sites (tertiary alicyclic amines) is 4. The maximum absolute atomic E-state index is 11.7. The minimum absolute atomic E-state index is 0.157. The number of rotatable bonds is 4. The number of nitrogens with zero attached hydrogens (tertiary/aromatic N) is 4. The molecule has 4 fully saturated rings. The highest BCUT2D eigenvalue weighted by Crippen LogP contribution is 2.25. The number of carbonyl (C=O) groups is 8. The van der Waals surface area contributed by atoms with Gasteiger partial charge in [0.25, 0.3) is 0 Å². The van der Waals surface area contributed by atoms with Crippen molar-refractivity contribution < 1.29 is 38.4 Å². The van der Waals surface area contributed by atoms with Crippen molar-refractivity contribution in [2.24, 2.45) is 23.7 Å². The Labute approximate surface area is 342 Å². The van der Waals surface area contributed by atoms with E-state index in [1.165, 1.54) is 33.4 Å². The van der Waals surface area contributed by atoms with Crippen LogP contribution in [0.4, 0.5) is 0 Å². The Morgan fingerprint density at radius 3 is 0.810 bits per heavy atom. The van der Waals surface area contributed by atoms with E-state index in [9.17, 15) is 38.4 Å². The summed E-state index contributed by atoms with van der Waals surface area (Å²) in [4.78, 5) is 96.7. The predicted octanol–water partition coefficient (Wildman–Crippen LogP) is 6.38. The highest BCUT2D eigenvalue weighted by atomic mass is 16.2. The van der Waals surface area contributed by atoms with Gasteiger partial charge in [-0.2, -0.15) is 0 Å². The lowest BCUT2D eigenvalue weighted by Crippen LogP contribution is -2.44. The zero-order chi connectivity index (χ0) is 43.4. The smallest absolute Gasteiger partial charge is 0.234 e. The summed E-state index contributed by atoms with van der Waals surface area (Å²) in [6.45, 7) is 18.9. The second-order valence-electron chi connectivity index (χ2n) is 15.7. The van der Waals surface area contributed by atoms with Crippen LogP contribution < -0.4 is 0 Å². The Morgan fingerprint density at radius 2 is 0.638 bits per heavy atom. The monoisotopic (exact) mass is 794 g/mol. The van der Waals surface area contributed by atoms with E-state index in [0.29, 0.717) is 0 Å². The molecule has 4 aliphatic heterocycles. The van der Waals surface area contributed by atoms with Crippen LogP contribution in [0.1, 0.15) is 86.8 Å². The molecule has 310 valence electrons. The van der Waals surface area contributed by atoms with Crippen molar-refractivity contribution in [1.29, 1.82) is 0 Å². The quantitative estimate of drug-likeness (QED) is 0.277. The molecular weight excluding hydrogens is 737 g/mol. The van der Waals surface area contributed by atoms with Crippen molar-refractivity contribution in [2.75, 3.05) is 13.3 Å². The van der Waals surface area contributed by atoms with Crippen LogP contribution in [-0.4, -0.2) is 80.2 Å². The number of benzene rings is 3. The first-order valence-electron chi connectivity index (χ1n) is 19.7. The van der Waals surface area contributed by atoms with Crippen LogP contribution in [0.15, 0.2) is 72.8 Å². The molecule has 0 aliphatic carbocycles. The minimum Gasteiger partial charge on any atom is -0.274 e. The first kappa shape index (κ1) is 46.6. The fourth-order valence-corrected chi connectivity index (χ4v) is 6.38. The normalized spacial score (nSPS) is 21.3. The standard InChI is InChI=1S/2C11H14N2O4.3C8H10/c2*1-6-3-8(14)12(10(6)16)5-13-9(15)4-7(2)11(13)17;1-7-3-5-8(2)6-4-7;1-7-4-3-5-8(2)6-7;1-7-5-3-4-6-8(7)2/h2*6-7H,3-5H2,1-2H3;3*3-6H,1-2H3. The van der Waals surface area contributed by atoms with Gasteiger partial charge in [0.1, 0.15) is 13.3 Å². The van der Waals surface area contributed by atoms with Gasteiger partial charge in [-0.1, -0.05) is 123 Å². The Morgan fingerprint density at radius 1 is 0.379 bits per heavy atom. The molecule has 7 rings (SSSR count). The molecule has 0 spiro atoms. The molecule has 0 bridgehead atoms. The molecule has 58 heavy (non-hydrogen) atoms. The lowest BCUT2D eigenvalue weighted by atomic mass is 10.1. The third-order valence-electron chi connectivity index (χ3n) is 10.3. The second kappa shape index (κ2) is 21.1. The van der Waals surface area contributed by atoms with E-state index in [0.717, 1.165) is 19.6 Å². The number of amides is 8. The highest BCUT2D eigenvalue weighted by Gasteiger charge is 2.43. The van der Waals surface area contributed by atoms with Gasteiger partial charge >= 0.3 is 0 Å². The van der Waals surface area contributed by atoms with E-state index in [1.807, 2.05) is 0 Å². The number of imide groups is 4. The van der Waals surface area contributed by atoms with E-state index in [2.05, 4.69) is 114 Å². The van der Waals surface area contributed by atoms with Crippen LogP contribution in [-0.2, 0) is 38.4 Å². The summed E-state index contributed by atoms with van der Waals surface area (Å²) in [5, 5.41) is 0. The third kappa shape index (κ3) is 12.9. The maximum atomic E-state index is 11.7. The van der Waals surface area contributed by atoms with Gasteiger partial charge in [0, 0.05) is 49.4 Å². The first-order valence-corrected chi connectivity index (χ1v) is 19.7. The zero-order valence-electron chi connectivity index (χ0n) is 35.5. The van der Waals surface area contributed by atoms with Gasteiger partial charge in [-0.25, -0.2) is 0 Å². The Hall–Kier alpha value is -5.78. The van der Waals surface area contributed by atoms with E-state index >= 15 is 0 Å². The molecule has 4 unspecified atom stereocenters. The molecule has 8 amide bonds. The Bertz CT molecular complexity index is 1790. The van der Waals surface area contributed by atoms with Crippen molar-refractivity contribution in [2.45, 2.75) is 94.9 Å². The summed E-state index contributed by atoms with van der Waals surface area (Å²) in [5.41, 5.74) is 8.07. The molecule has 4 atom stereocenters. The number of hydrogen-bond acceptors (Lipinski definition) is 8. The van der Waals surface area contributed by atoms with Crippen LogP contribution in [0.25, 0.3) is 0 Å². The van der Waals surface area contributed by atoms with Crippen LogP contribution in [0.2, 0.25) is 0 Å². The van der Waals surface area contributed by atoms with Gasteiger partial charge in [0.15, 0.2) is 0 Å². The van der Waals surface area contributed by atoms with Crippen LogP contribution in [0.5, 0.6) is 0 Å². The van der Waals surface area contributed by atoms with Crippen LogP contribution >= 0.6 is 0 Å². The lowest BCUT2D eigenvalue weighted by Gasteiger charge is -2.21. The molecule has 0 radical (unpaired) electrons. The number of hydrogen-bond donors (Lipinski definition) is 0. The van der Waals surface area contributed by atoms with E-state index < -0.39 is 0 Å². The van der Waals surface area contributed by atoms with Crippen molar-refractivity contribution in [1.82, 2.24) is 19.6 Å². The molecule has 0 aromatic heterocycles. The molecule has 3 aromatic carbocycles. The van der Waals surface area contributed by atoms with Crippen molar-refractivity contribution >= 4 is 47.3 Å². The third-order valence-corrected chi connectivity index (χ3v) is 10.3. The summed E-state index contributed by atoms with van der Waals surface area (Å²) < 4.78 is 0. The number of aryl methyl sites for hydroxylation is 6. The molecule has 3 aromatic rings. The van der Waals surface area contributed by atoms with Crippen molar-refractivity contribution in [3.05, 3.63) is 106 Å².